The van der Waals surface area contributed by atoms with Gasteiger partial charge in [-0.3, -0.25) is 0 Å². The van der Waals surface area contributed by atoms with Crippen LogP contribution in [0, 0.1) is 6.92 Å². The first-order chi connectivity index (χ1) is 13.5. The zero-order chi connectivity index (χ0) is 19.7. The summed E-state index contributed by atoms with van der Waals surface area (Å²) in [6, 6.07) is 14.7. The topological polar surface area (TPSA) is 91.0 Å². The number of anilines is 1. The van der Waals surface area contributed by atoms with Crippen molar-refractivity contribution in [2.75, 3.05) is 5.73 Å². The van der Waals surface area contributed by atoms with Gasteiger partial charge in [0, 0.05) is 16.0 Å². The van der Waals surface area contributed by atoms with E-state index >= 15 is 0 Å². The number of esters is 1. The molecule has 2 aromatic heterocycles. The highest BCUT2D eigenvalue weighted by atomic mass is 35.5. The second-order valence-corrected chi connectivity index (χ2v) is 7.49. The van der Waals surface area contributed by atoms with Crippen molar-refractivity contribution in [1.82, 2.24) is 15.0 Å². The Labute approximate surface area is 170 Å². The summed E-state index contributed by atoms with van der Waals surface area (Å²) in [5.74, 6) is 0.242. The van der Waals surface area contributed by atoms with Gasteiger partial charge in [-0.05, 0) is 31.2 Å². The van der Waals surface area contributed by atoms with Gasteiger partial charge in [0.15, 0.2) is 12.4 Å². The van der Waals surface area contributed by atoms with E-state index in [4.69, 9.17) is 22.1 Å². The molecule has 2 aromatic carbocycles. The van der Waals surface area contributed by atoms with Crippen molar-refractivity contribution < 1.29 is 9.53 Å². The van der Waals surface area contributed by atoms with Crippen molar-refractivity contribution in [3.63, 3.8) is 0 Å². The summed E-state index contributed by atoms with van der Waals surface area (Å²) in [5, 5.41) is 2.14. The molecule has 0 aliphatic carbocycles. The zero-order valence-corrected chi connectivity index (χ0v) is 16.4. The summed E-state index contributed by atoms with van der Waals surface area (Å²) in [7, 11) is 0. The fourth-order valence-corrected chi connectivity index (χ4v) is 3.80. The summed E-state index contributed by atoms with van der Waals surface area (Å²) in [5.41, 5.74) is 8.18. The van der Waals surface area contributed by atoms with Crippen molar-refractivity contribution in [2.45, 2.75) is 13.5 Å². The van der Waals surface area contributed by atoms with Crippen LogP contribution in [0.1, 0.15) is 21.2 Å². The second kappa shape index (κ2) is 7.53. The maximum Gasteiger partial charge on any atom is 0.350 e. The Morgan fingerprint density at radius 2 is 1.86 bits per heavy atom. The SMILES string of the molecule is Cc1nc(-c2ccc(Cl)cc2)sc1C(=O)OCc1nc(N)c2ccccc2n1. The van der Waals surface area contributed by atoms with Gasteiger partial charge in [-0.1, -0.05) is 35.9 Å². The normalized spacial score (nSPS) is 10.9. The molecule has 2 N–H and O–H groups in total. The number of nitrogen functional groups attached to an aromatic ring is 1. The minimum atomic E-state index is -0.467. The summed E-state index contributed by atoms with van der Waals surface area (Å²) >= 11 is 7.19. The third kappa shape index (κ3) is 3.67. The molecule has 0 atom stereocenters. The van der Waals surface area contributed by atoms with Crippen LogP contribution in [-0.2, 0) is 11.3 Å². The van der Waals surface area contributed by atoms with Crippen LogP contribution in [-0.4, -0.2) is 20.9 Å². The van der Waals surface area contributed by atoms with E-state index in [0.717, 1.165) is 16.0 Å². The summed E-state index contributed by atoms with van der Waals surface area (Å²) in [4.78, 5) is 26.0. The smallest absolute Gasteiger partial charge is 0.350 e. The Morgan fingerprint density at radius 1 is 1.11 bits per heavy atom. The molecule has 0 radical (unpaired) electrons. The number of thiazole rings is 1. The van der Waals surface area contributed by atoms with E-state index in [1.165, 1.54) is 11.3 Å². The number of aromatic nitrogens is 3. The average Bonchev–Trinajstić information content (AvgIpc) is 3.08. The first-order valence-electron chi connectivity index (χ1n) is 8.43. The van der Waals surface area contributed by atoms with Crippen LogP contribution >= 0.6 is 22.9 Å². The van der Waals surface area contributed by atoms with Crippen molar-refractivity contribution >= 4 is 45.6 Å². The molecule has 0 aliphatic rings. The van der Waals surface area contributed by atoms with Gasteiger partial charge in [0.25, 0.3) is 0 Å². The average molecular weight is 411 g/mol. The fraction of sp³-hybridized carbons (Fsp3) is 0.100. The monoisotopic (exact) mass is 410 g/mol. The number of para-hydroxylation sites is 1. The highest BCUT2D eigenvalue weighted by Gasteiger charge is 2.18. The van der Waals surface area contributed by atoms with Crippen LogP contribution in [0.5, 0.6) is 0 Å². The third-order valence-corrected chi connectivity index (χ3v) is 5.52. The number of carbonyl (C=O) groups is 1. The molecule has 28 heavy (non-hydrogen) atoms. The van der Waals surface area contributed by atoms with Crippen molar-refractivity contribution in [1.29, 1.82) is 0 Å². The number of ether oxygens (including phenoxy) is 1. The minimum Gasteiger partial charge on any atom is -0.453 e. The molecule has 0 amide bonds. The van der Waals surface area contributed by atoms with E-state index < -0.39 is 5.97 Å². The van der Waals surface area contributed by atoms with E-state index in [1.54, 1.807) is 19.1 Å². The van der Waals surface area contributed by atoms with Crippen molar-refractivity contribution in [2.24, 2.45) is 0 Å². The number of nitrogens with two attached hydrogens (primary N) is 1. The second-order valence-electron chi connectivity index (χ2n) is 6.06. The number of benzene rings is 2. The molecule has 4 rings (SSSR count). The molecule has 2 heterocycles. The molecule has 0 aliphatic heterocycles. The Kier molecular flexibility index (Phi) is 4.93. The Hall–Kier alpha value is -3.03. The predicted molar refractivity (Wildman–Crippen MR) is 110 cm³/mol. The lowest BCUT2D eigenvalue weighted by molar-refractivity contribution is 0.0467. The van der Waals surface area contributed by atoms with E-state index in [-0.39, 0.29) is 6.61 Å². The third-order valence-electron chi connectivity index (χ3n) is 4.08. The highest BCUT2D eigenvalue weighted by Crippen LogP contribution is 2.29. The number of hydrogen-bond acceptors (Lipinski definition) is 7. The van der Waals surface area contributed by atoms with Gasteiger partial charge in [-0.2, -0.15) is 0 Å². The first-order valence-corrected chi connectivity index (χ1v) is 9.62. The number of rotatable bonds is 4. The maximum absolute atomic E-state index is 12.5. The number of hydrogen-bond donors (Lipinski definition) is 1. The molecule has 0 unspecified atom stereocenters. The fourth-order valence-electron chi connectivity index (χ4n) is 2.71. The summed E-state index contributed by atoms with van der Waals surface area (Å²) < 4.78 is 5.40. The quantitative estimate of drug-likeness (QED) is 0.492. The molecule has 4 aromatic rings. The molecular formula is C20H15ClN4O2S. The van der Waals surface area contributed by atoms with Crippen LogP contribution in [0.15, 0.2) is 48.5 Å². The zero-order valence-electron chi connectivity index (χ0n) is 14.8. The molecule has 0 saturated carbocycles. The lowest BCUT2D eigenvalue weighted by Crippen LogP contribution is -2.08. The van der Waals surface area contributed by atoms with Gasteiger partial charge < -0.3 is 10.5 Å². The first kappa shape index (κ1) is 18.3. The number of halogens is 1. The van der Waals surface area contributed by atoms with Crippen LogP contribution in [0.4, 0.5) is 5.82 Å². The van der Waals surface area contributed by atoms with Gasteiger partial charge in [-0.25, -0.2) is 19.7 Å². The number of aryl methyl sites for hydroxylation is 1. The van der Waals surface area contributed by atoms with Gasteiger partial charge in [0.2, 0.25) is 0 Å². The van der Waals surface area contributed by atoms with Gasteiger partial charge >= 0.3 is 5.97 Å². The van der Waals surface area contributed by atoms with E-state index in [2.05, 4.69) is 15.0 Å². The molecule has 0 fully saturated rings. The van der Waals surface area contributed by atoms with E-state index in [9.17, 15) is 4.79 Å². The number of nitrogens with zero attached hydrogens (tertiary/aromatic N) is 3. The molecule has 0 bridgehead atoms. The molecular weight excluding hydrogens is 396 g/mol. The van der Waals surface area contributed by atoms with Gasteiger partial charge in [-0.15, -0.1) is 11.3 Å². The molecule has 6 nitrogen and oxygen atoms in total. The van der Waals surface area contributed by atoms with Crippen molar-refractivity contribution in [3.05, 3.63) is 69.9 Å². The largest absolute Gasteiger partial charge is 0.453 e. The van der Waals surface area contributed by atoms with Crippen LogP contribution in [0.25, 0.3) is 21.5 Å². The summed E-state index contributed by atoms with van der Waals surface area (Å²) in [6.45, 7) is 1.71. The van der Waals surface area contributed by atoms with Gasteiger partial charge in [0.1, 0.15) is 15.7 Å². The molecule has 8 heteroatoms. The van der Waals surface area contributed by atoms with Crippen LogP contribution in [0.3, 0.4) is 0 Å². The van der Waals surface area contributed by atoms with E-state index in [1.807, 2.05) is 36.4 Å². The predicted octanol–water partition coefficient (Wildman–Crippen LogP) is 4.65. The Bertz CT molecular complexity index is 1170. The highest BCUT2D eigenvalue weighted by molar-refractivity contribution is 7.17. The van der Waals surface area contributed by atoms with Crippen LogP contribution < -0.4 is 5.73 Å². The van der Waals surface area contributed by atoms with Crippen molar-refractivity contribution in [3.8, 4) is 10.6 Å². The minimum absolute atomic E-state index is 0.0680. The van der Waals surface area contributed by atoms with Crippen LogP contribution in [0.2, 0.25) is 5.02 Å². The standard InChI is InChI=1S/C20H15ClN4O2S/c1-11-17(28-19(23-11)12-6-8-13(21)9-7-12)20(26)27-10-16-24-15-5-3-2-4-14(15)18(22)25-16/h2-9H,10H2,1H3,(H2,22,24,25). The number of carbonyl (C=O) groups excluding carboxylic acids is 1. The Morgan fingerprint density at radius 3 is 2.64 bits per heavy atom. The Balaban J connectivity index is 1.52. The molecule has 0 saturated heterocycles. The summed E-state index contributed by atoms with van der Waals surface area (Å²) in [6.07, 6.45) is 0. The number of fused-ring (bicyclic) bond motifs is 1. The lowest BCUT2D eigenvalue weighted by Gasteiger charge is -2.06. The molecule has 140 valence electrons. The molecule has 0 spiro atoms. The lowest BCUT2D eigenvalue weighted by atomic mass is 10.2. The van der Waals surface area contributed by atoms with Gasteiger partial charge in [0.05, 0.1) is 11.2 Å². The maximum atomic E-state index is 12.5. The van der Waals surface area contributed by atoms with E-state index in [0.29, 0.717) is 32.8 Å².